The van der Waals surface area contributed by atoms with Gasteiger partial charge in [0.05, 0.1) is 46.4 Å². The number of carbonyl (C=O) groups excluding carboxylic acids is 1. The molecule has 32 heavy (non-hydrogen) atoms. The Hall–Kier alpha value is -3.73. The molecule has 1 saturated heterocycles. The number of aromatic nitrogens is 3. The standard InChI is InChI=1S/C22H19FN6O.C2H6/c1-13-4-3-8-28(13)19-7-9-29(27-19)18-10-16(26-17-12-25-22(30)21(17)18)20-14(11-24)5-2-6-15(20)23;1-2/h2,5-7,9-10,13H,3-4,8,12H2,1H3,(H,25,30);1-2H3. The van der Waals surface area contributed by atoms with Gasteiger partial charge in [0.15, 0.2) is 5.82 Å². The number of benzene rings is 1. The Balaban J connectivity index is 0.00000119. The van der Waals surface area contributed by atoms with Crippen LogP contribution in [0.4, 0.5) is 10.2 Å². The van der Waals surface area contributed by atoms with Crippen molar-refractivity contribution in [2.75, 3.05) is 11.4 Å². The van der Waals surface area contributed by atoms with Gasteiger partial charge >= 0.3 is 0 Å². The maximum Gasteiger partial charge on any atom is 0.255 e. The van der Waals surface area contributed by atoms with E-state index in [1.54, 1.807) is 23.0 Å². The SMILES string of the molecule is CC.CC1CCCN1c1ccn(-c2cc(-c3c(F)cccc3C#N)nc3c2C(=O)NC3)n1. The highest BCUT2D eigenvalue weighted by molar-refractivity contribution is 6.01. The van der Waals surface area contributed by atoms with Crippen LogP contribution in [0.25, 0.3) is 16.9 Å². The van der Waals surface area contributed by atoms with E-state index >= 15 is 0 Å². The number of rotatable bonds is 3. The third-order valence-corrected chi connectivity index (χ3v) is 5.78. The van der Waals surface area contributed by atoms with Crippen molar-refractivity contribution in [1.82, 2.24) is 20.1 Å². The van der Waals surface area contributed by atoms with Gasteiger partial charge in [-0.05, 0) is 38.0 Å². The number of fused-ring (bicyclic) bond motifs is 1. The van der Waals surface area contributed by atoms with Crippen molar-refractivity contribution in [2.45, 2.75) is 46.2 Å². The summed E-state index contributed by atoms with van der Waals surface area (Å²) in [5, 5.41) is 16.9. The van der Waals surface area contributed by atoms with Gasteiger partial charge in [0.2, 0.25) is 0 Å². The number of halogens is 1. The molecule has 2 aromatic heterocycles. The molecule has 1 amide bonds. The van der Waals surface area contributed by atoms with Gasteiger partial charge in [0, 0.05) is 24.8 Å². The highest BCUT2D eigenvalue weighted by Crippen LogP contribution is 2.32. The van der Waals surface area contributed by atoms with Gasteiger partial charge in [-0.1, -0.05) is 19.9 Å². The minimum absolute atomic E-state index is 0.129. The van der Waals surface area contributed by atoms with Crippen molar-refractivity contribution < 1.29 is 9.18 Å². The van der Waals surface area contributed by atoms with Crippen LogP contribution in [-0.4, -0.2) is 33.3 Å². The maximum absolute atomic E-state index is 14.6. The third kappa shape index (κ3) is 3.60. The van der Waals surface area contributed by atoms with Crippen molar-refractivity contribution >= 4 is 11.7 Å². The average molecular weight is 433 g/mol. The summed E-state index contributed by atoms with van der Waals surface area (Å²) in [5.41, 5.74) is 2.10. The zero-order chi connectivity index (χ0) is 22.8. The Kier molecular flexibility index (Phi) is 5.91. The van der Waals surface area contributed by atoms with Crippen molar-refractivity contribution in [3.8, 4) is 23.0 Å². The number of hydrogen-bond donors (Lipinski definition) is 1. The molecule has 1 aromatic carbocycles. The first-order valence-electron chi connectivity index (χ1n) is 10.9. The second-order valence-electron chi connectivity index (χ2n) is 7.61. The summed E-state index contributed by atoms with van der Waals surface area (Å²) >= 11 is 0. The lowest BCUT2D eigenvalue weighted by Gasteiger charge is -2.20. The lowest BCUT2D eigenvalue weighted by Crippen LogP contribution is -2.26. The topological polar surface area (TPSA) is 86.8 Å². The molecule has 5 rings (SSSR count). The largest absolute Gasteiger partial charge is 0.352 e. The summed E-state index contributed by atoms with van der Waals surface area (Å²) < 4.78 is 16.3. The molecule has 0 bridgehead atoms. The van der Waals surface area contributed by atoms with Gasteiger partial charge in [-0.25, -0.2) is 14.1 Å². The van der Waals surface area contributed by atoms with Crippen molar-refractivity contribution in [1.29, 1.82) is 5.26 Å². The van der Waals surface area contributed by atoms with Crippen LogP contribution in [-0.2, 0) is 6.54 Å². The molecule has 7 nitrogen and oxygen atoms in total. The van der Waals surface area contributed by atoms with E-state index < -0.39 is 5.82 Å². The van der Waals surface area contributed by atoms with E-state index in [2.05, 4.69) is 22.1 Å². The Morgan fingerprint density at radius 3 is 2.78 bits per heavy atom. The summed E-state index contributed by atoms with van der Waals surface area (Å²) in [6.07, 6.45) is 4.04. The fraction of sp³-hybridized carbons (Fsp3) is 0.333. The summed E-state index contributed by atoms with van der Waals surface area (Å²) in [6.45, 7) is 7.37. The Labute approximate surface area is 186 Å². The normalized spacial score (nSPS) is 16.8. The molecule has 2 aliphatic rings. The first-order valence-corrected chi connectivity index (χ1v) is 10.9. The average Bonchev–Trinajstić information content (AvgIpc) is 3.54. The first kappa shape index (κ1) is 21.5. The molecule has 164 valence electrons. The van der Waals surface area contributed by atoms with E-state index in [1.165, 1.54) is 12.1 Å². The minimum atomic E-state index is -0.531. The van der Waals surface area contributed by atoms with Crippen LogP contribution < -0.4 is 10.2 Å². The van der Waals surface area contributed by atoms with Gasteiger partial charge in [0.25, 0.3) is 5.91 Å². The second kappa shape index (κ2) is 8.79. The molecule has 0 spiro atoms. The van der Waals surface area contributed by atoms with Gasteiger partial charge in [0.1, 0.15) is 5.82 Å². The number of nitriles is 1. The lowest BCUT2D eigenvalue weighted by molar-refractivity contribution is 0.0965. The van der Waals surface area contributed by atoms with Crippen LogP contribution in [0.3, 0.4) is 0 Å². The Morgan fingerprint density at radius 1 is 1.25 bits per heavy atom. The predicted octanol–water partition coefficient (Wildman–Crippen LogP) is 4.20. The highest BCUT2D eigenvalue weighted by Gasteiger charge is 2.29. The molecular formula is C24H25FN6O. The lowest BCUT2D eigenvalue weighted by atomic mass is 10.0. The molecule has 1 N–H and O–H groups in total. The van der Waals surface area contributed by atoms with Crippen LogP contribution >= 0.6 is 0 Å². The van der Waals surface area contributed by atoms with Crippen LogP contribution in [0.2, 0.25) is 0 Å². The molecule has 4 heterocycles. The zero-order valence-corrected chi connectivity index (χ0v) is 18.4. The summed E-state index contributed by atoms with van der Waals surface area (Å²) in [4.78, 5) is 19.2. The molecule has 1 atom stereocenters. The molecule has 1 fully saturated rings. The van der Waals surface area contributed by atoms with E-state index in [4.69, 9.17) is 5.10 Å². The fourth-order valence-electron chi connectivity index (χ4n) is 4.27. The molecule has 3 aromatic rings. The Bertz CT molecular complexity index is 1210. The number of hydrogen-bond acceptors (Lipinski definition) is 5. The van der Waals surface area contributed by atoms with E-state index in [9.17, 15) is 14.4 Å². The summed E-state index contributed by atoms with van der Waals surface area (Å²) in [7, 11) is 0. The number of amides is 1. The summed E-state index contributed by atoms with van der Waals surface area (Å²) in [6, 6.07) is 10.3. The fourth-order valence-corrected chi connectivity index (χ4v) is 4.27. The number of nitrogens with zero attached hydrogens (tertiary/aromatic N) is 5. The third-order valence-electron chi connectivity index (χ3n) is 5.78. The van der Waals surface area contributed by atoms with Gasteiger partial charge in [-0.3, -0.25) is 4.79 Å². The first-order chi connectivity index (χ1) is 15.6. The number of carbonyl (C=O) groups is 1. The predicted molar refractivity (Wildman–Crippen MR) is 120 cm³/mol. The van der Waals surface area contributed by atoms with E-state index in [0.717, 1.165) is 25.2 Å². The van der Waals surface area contributed by atoms with Gasteiger partial charge in [-0.15, -0.1) is 0 Å². The van der Waals surface area contributed by atoms with Crippen molar-refractivity contribution in [3.63, 3.8) is 0 Å². The maximum atomic E-state index is 14.6. The van der Waals surface area contributed by atoms with Crippen LogP contribution in [0.15, 0.2) is 36.5 Å². The van der Waals surface area contributed by atoms with Gasteiger partial charge in [-0.2, -0.15) is 10.4 Å². The smallest absolute Gasteiger partial charge is 0.255 e. The van der Waals surface area contributed by atoms with Gasteiger partial charge < -0.3 is 10.2 Å². The van der Waals surface area contributed by atoms with Crippen molar-refractivity contribution in [2.24, 2.45) is 0 Å². The molecule has 0 aliphatic carbocycles. The van der Waals surface area contributed by atoms with Crippen molar-refractivity contribution in [3.05, 3.63) is 59.2 Å². The van der Waals surface area contributed by atoms with Crippen LogP contribution in [0, 0.1) is 17.1 Å². The number of pyridine rings is 1. The molecule has 0 radical (unpaired) electrons. The molecular weight excluding hydrogens is 407 g/mol. The quantitative estimate of drug-likeness (QED) is 0.670. The molecule has 0 saturated carbocycles. The van der Waals surface area contributed by atoms with Crippen LogP contribution in [0.1, 0.15) is 55.2 Å². The summed E-state index contributed by atoms with van der Waals surface area (Å²) in [5.74, 6) is 0.0746. The second-order valence-corrected chi connectivity index (χ2v) is 7.61. The molecule has 2 aliphatic heterocycles. The van der Waals surface area contributed by atoms with E-state index in [0.29, 0.717) is 28.7 Å². The monoisotopic (exact) mass is 432 g/mol. The van der Waals surface area contributed by atoms with E-state index in [1.807, 2.05) is 26.0 Å². The van der Waals surface area contributed by atoms with Crippen LogP contribution in [0.5, 0.6) is 0 Å². The zero-order valence-electron chi connectivity index (χ0n) is 18.4. The number of nitrogens with one attached hydrogen (secondary N) is 1. The Morgan fingerprint density at radius 2 is 2.06 bits per heavy atom. The molecule has 8 heteroatoms. The highest BCUT2D eigenvalue weighted by atomic mass is 19.1. The molecule has 1 unspecified atom stereocenters. The number of anilines is 1. The van der Waals surface area contributed by atoms with E-state index in [-0.39, 0.29) is 23.6 Å². The minimum Gasteiger partial charge on any atom is -0.352 e.